The van der Waals surface area contributed by atoms with Crippen LogP contribution in [0.25, 0.3) is 0 Å². The Morgan fingerprint density at radius 2 is 1.89 bits per heavy atom. The van der Waals surface area contributed by atoms with E-state index >= 15 is 0 Å². The molecule has 0 aliphatic rings. The van der Waals surface area contributed by atoms with Gasteiger partial charge in [-0.3, -0.25) is 14.9 Å². The summed E-state index contributed by atoms with van der Waals surface area (Å²) in [6, 6.07) is 4.04. The molecule has 19 heavy (non-hydrogen) atoms. The third kappa shape index (κ3) is 3.73. The Labute approximate surface area is 110 Å². The van der Waals surface area contributed by atoms with Crippen LogP contribution in [0, 0.1) is 17.0 Å². The number of amides is 1. The van der Waals surface area contributed by atoms with Crippen molar-refractivity contribution >= 4 is 11.6 Å². The molecule has 0 saturated carbocycles. The minimum Gasteiger partial charge on any atom is -0.395 e. The predicted molar refractivity (Wildman–Crippen MR) is 67.9 cm³/mol. The van der Waals surface area contributed by atoms with Crippen LogP contribution in [-0.2, 0) is 0 Å². The molecule has 0 aliphatic heterocycles. The predicted octanol–water partition coefficient (Wildman–Crippen LogP) is 0.330. The van der Waals surface area contributed by atoms with Gasteiger partial charge in [-0.25, -0.2) is 0 Å². The molecule has 104 valence electrons. The van der Waals surface area contributed by atoms with E-state index in [9.17, 15) is 14.9 Å². The van der Waals surface area contributed by atoms with Crippen LogP contribution in [0.15, 0.2) is 18.2 Å². The first-order valence-corrected chi connectivity index (χ1v) is 5.77. The highest BCUT2D eigenvalue weighted by Crippen LogP contribution is 2.18. The molecule has 1 aromatic rings. The number of nitrogens with zero attached hydrogens (tertiary/aromatic N) is 2. The molecule has 0 spiro atoms. The largest absolute Gasteiger partial charge is 0.395 e. The van der Waals surface area contributed by atoms with Gasteiger partial charge in [-0.2, -0.15) is 0 Å². The van der Waals surface area contributed by atoms with Crippen LogP contribution in [0.4, 0.5) is 5.69 Å². The van der Waals surface area contributed by atoms with Crippen LogP contribution in [0.1, 0.15) is 15.9 Å². The SMILES string of the molecule is Cc1ccc([N+](=O)[O-])cc1C(=O)N(CCO)CCO. The normalized spacial score (nSPS) is 10.3. The van der Waals surface area contributed by atoms with Crippen LogP contribution < -0.4 is 0 Å². The molecule has 0 aromatic heterocycles. The summed E-state index contributed by atoms with van der Waals surface area (Å²) in [7, 11) is 0. The van der Waals surface area contributed by atoms with Crippen LogP contribution in [0.3, 0.4) is 0 Å². The summed E-state index contributed by atoms with van der Waals surface area (Å²) >= 11 is 0. The van der Waals surface area contributed by atoms with E-state index in [1.54, 1.807) is 6.92 Å². The Morgan fingerprint density at radius 3 is 2.37 bits per heavy atom. The van der Waals surface area contributed by atoms with E-state index in [2.05, 4.69) is 0 Å². The van der Waals surface area contributed by atoms with Gasteiger partial charge in [-0.05, 0) is 12.5 Å². The first kappa shape index (κ1) is 15.1. The number of aliphatic hydroxyl groups is 2. The van der Waals surface area contributed by atoms with Gasteiger partial charge in [0, 0.05) is 30.8 Å². The zero-order valence-corrected chi connectivity index (χ0v) is 10.6. The van der Waals surface area contributed by atoms with Crippen molar-refractivity contribution in [1.82, 2.24) is 4.90 Å². The minimum absolute atomic E-state index is 0.0710. The van der Waals surface area contributed by atoms with E-state index in [0.29, 0.717) is 5.56 Å². The summed E-state index contributed by atoms with van der Waals surface area (Å²) in [4.78, 5) is 23.6. The van der Waals surface area contributed by atoms with Gasteiger partial charge >= 0.3 is 0 Å². The Balaban J connectivity index is 3.08. The lowest BCUT2D eigenvalue weighted by atomic mass is 10.1. The van der Waals surface area contributed by atoms with Crippen molar-refractivity contribution in [1.29, 1.82) is 0 Å². The van der Waals surface area contributed by atoms with Gasteiger partial charge in [0.15, 0.2) is 0 Å². The fourth-order valence-corrected chi connectivity index (χ4v) is 1.68. The molecule has 0 aliphatic carbocycles. The van der Waals surface area contributed by atoms with Gasteiger partial charge in [0.2, 0.25) is 0 Å². The van der Waals surface area contributed by atoms with E-state index < -0.39 is 10.8 Å². The smallest absolute Gasteiger partial charge is 0.270 e. The van der Waals surface area contributed by atoms with E-state index in [0.717, 1.165) is 0 Å². The van der Waals surface area contributed by atoms with E-state index in [-0.39, 0.29) is 37.6 Å². The molecule has 1 amide bonds. The molecule has 7 nitrogen and oxygen atoms in total. The van der Waals surface area contributed by atoms with Crippen molar-refractivity contribution < 1.29 is 19.9 Å². The maximum atomic E-state index is 12.2. The van der Waals surface area contributed by atoms with Crippen molar-refractivity contribution in [3.05, 3.63) is 39.4 Å². The fraction of sp³-hybridized carbons (Fsp3) is 0.417. The second-order valence-electron chi connectivity index (χ2n) is 4.00. The molecule has 0 fully saturated rings. The van der Waals surface area contributed by atoms with Gasteiger partial charge < -0.3 is 15.1 Å². The van der Waals surface area contributed by atoms with Gasteiger partial charge in [-0.15, -0.1) is 0 Å². The van der Waals surface area contributed by atoms with Crippen LogP contribution in [0.2, 0.25) is 0 Å². The Hall–Kier alpha value is -1.99. The van der Waals surface area contributed by atoms with Gasteiger partial charge in [0.05, 0.1) is 18.1 Å². The van der Waals surface area contributed by atoms with E-state index in [4.69, 9.17) is 10.2 Å². The molecule has 1 aromatic carbocycles. The average molecular weight is 268 g/mol. The van der Waals surface area contributed by atoms with Gasteiger partial charge in [0.1, 0.15) is 0 Å². The lowest BCUT2D eigenvalue weighted by molar-refractivity contribution is -0.384. The number of nitro groups is 1. The van der Waals surface area contributed by atoms with Crippen LogP contribution >= 0.6 is 0 Å². The third-order valence-electron chi connectivity index (χ3n) is 2.69. The molecule has 0 unspecified atom stereocenters. The zero-order chi connectivity index (χ0) is 14.4. The summed E-state index contributed by atoms with van der Waals surface area (Å²) in [5.74, 6) is -0.440. The molecule has 0 heterocycles. The number of carbonyl (C=O) groups excluding carboxylic acids is 1. The number of hydrogen-bond acceptors (Lipinski definition) is 5. The number of hydrogen-bond donors (Lipinski definition) is 2. The number of aryl methyl sites for hydroxylation is 1. The third-order valence-corrected chi connectivity index (χ3v) is 2.69. The second-order valence-corrected chi connectivity index (χ2v) is 4.00. The van der Waals surface area contributed by atoms with Crippen molar-refractivity contribution in [2.45, 2.75) is 6.92 Å². The first-order valence-electron chi connectivity index (χ1n) is 5.77. The standard InChI is InChI=1S/C12H16N2O5/c1-9-2-3-10(14(18)19)8-11(9)12(17)13(4-6-15)5-7-16/h2-3,8,15-16H,4-7H2,1H3. The first-order chi connectivity index (χ1) is 9.01. The van der Waals surface area contributed by atoms with Crippen molar-refractivity contribution in [2.24, 2.45) is 0 Å². The van der Waals surface area contributed by atoms with E-state index in [1.165, 1.54) is 23.1 Å². The number of benzene rings is 1. The Bertz CT molecular complexity index is 469. The summed E-state index contributed by atoms with van der Waals surface area (Å²) in [6.45, 7) is 1.34. The maximum Gasteiger partial charge on any atom is 0.270 e. The minimum atomic E-state index is -0.571. The van der Waals surface area contributed by atoms with Gasteiger partial charge in [-0.1, -0.05) is 6.07 Å². The van der Waals surface area contributed by atoms with Crippen molar-refractivity contribution in [2.75, 3.05) is 26.3 Å². The highest BCUT2D eigenvalue weighted by molar-refractivity contribution is 5.96. The molecule has 2 N–H and O–H groups in total. The molecule has 0 atom stereocenters. The zero-order valence-electron chi connectivity index (χ0n) is 10.6. The van der Waals surface area contributed by atoms with Crippen molar-refractivity contribution in [3.8, 4) is 0 Å². The molecular formula is C12H16N2O5. The number of aliphatic hydroxyl groups excluding tert-OH is 2. The second kappa shape index (κ2) is 6.81. The molecule has 0 radical (unpaired) electrons. The van der Waals surface area contributed by atoms with Crippen molar-refractivity contribution in [3.63, 3.8) is 0 Å². The summed E-state index contributed by atoms with van der Waals surface area (Å²) in [5, 5.41) is 28.5. The van der Waals surface area contributed by atoms with Crippen LogP contribution in [0.5, 0.6) is 0 Å². The van der Waals surface area contributed by atoms with E-state index in [1.807, 2.05) is 0 Å². The molecule has 0 bridgehead atoms. The highest BCUT2D eigenvalue weighted by Gasteiger charge is 2.19. The maximum absolute atomic E-state index is 12.2. The lowest BCUT2D eigenvalue weighted by Crippen LogP contribution is -2.36. The molecule has 1 rings (SSSR count). The molecular weight excluding hydrogens is 252 g/mol. The van der Waals surface area contributed by atoms with Crippen LogP contribution in [-0.4, -0.2) is 52.2 Å². The Kier molecular flexibility index (Phi) is 5.40. The lowest BCUT2D eigenvalue weighted by Gasteiger charge is -2.21. The topological polar surface area (TPSA) is 104 Å². The number of nitro benzene ring substituents is 1. The average Bonchev–Trinajstić information content (AvgIpc) is 2.38. The summed E-state index contributed by atoms with van der Waals surface area (Å²) in [5.41, 5.74) is 0.648. The quantitative estimate of drug-likeness (QED) is 0.571. The Morgan fingerprint density at radius 1 is 1.32 bits per heavy atom. The molecule has 7 heteroatoms. The number of carbonyl (C=O) groups is 1. The number of non-ortho nitro benzene ring substituents is 1. The summed E-state index contributed by atoms with van der Waals surface area (Å²) in [6.07, 6.45) is 0. The molecule has 0 saturated heterocycles. The van der Waals surface area contributed by atoms with Gasteiger partial charge in [0.25, 0.3) is 11.6 Å². The fourth-order valence-electron chi connectivity index (χ4n) is 1.68. The monoisotopic (exact) mass is 268 g/mol. The highest BCUT2D eigenvalue weighted by atomic mass is 16.6. The summed E-state index contributed by atoms with van der Waals surface area (Å²) < 4.78 is 0. The number of rotatable bonds is 6.